The average Bonchev–Trinajstić information content (AvgIpc) is 2.99. The summed E-state index contributed by atoms with van der Waals surface area (Å²) in [6, 6.07) is 5.77. The first-order valence-corrected chi connectivity index (χ1v) is 15.6. The van der Waals surface area contributed by atoms with Crippen LogP contribution in [0.4, 0.5) is 35.1 Å². The van der Waals surface area contributed by atoms with E-state index in [-0.39, 0.29) is 29.2 Å². The van der Waals surface area contributed by atoms with Crippen LogP contribution in [0.2, 0.25) is 0 Å². The summed E-state index contributed by atoms with van der Waals surface area (Å²) in [7, 11) is 0. The average molecular weight is 637 g/mol. The molecule has 0 saturated heterocycles. The van der Waals surface area contributed by atoms with E-state index in [0.29, 0.717) is 18.1 Å². The van der Waals surface area contributed by atoms with Crippen molar-refractivity contribution in [3.05, 3.63) is 101 Å². The van der Waals surface area contributed by atoms with Gasteiger partial charge in [-0.05, 0) is 111 Å². The number of ether oxygens (including phenoxy) is 1. The van der Waals surface area contributed by atoms with Crippen molar-refractivity contribution in [2.45, 2.75) is 83.2 Å². The zero-order chi connectivity index (χ0) is 32.3. The molecule has 242 valence electrons. The van der Waals surface area contributed by atoms with Gasteiger partial charge < -0.3 is 4.74 Å². The first-order chi connectivity index (χ1) is 21.5. The van der Waals surface area contributed by atoms with E-state index in [1.54, 1.807) is 6.07 Å². The van der Waals surface area contributed by atoms with Crippen molar-refractivity contribution in [2.24, 2.45) is 17.8 Å². The summed E-state index contributed by atoms with van der Waals surface area (Å²) in [5, 5.41) is 0. The first kappa shape index (κ1) is 33.0. The molecule has 3 aromatic rings. The van der Waals surface area contributed by atoms with E-state index in [0.717, 1.165) is 49.5 Å². The first-order valence-electron chi connectivity index (χ1n) is 15.6. The molecule has 0 aliphatic heterocycles. The highest BCUT2D eigenvalue weighted by Crippen LogP contribution is 2.45. The van der Waals surface area contributed by atoms with Gasteiger partial charge >= 0.3 is 6.11 Å². The highest BCUT2D eigenvalue weighted by molar-refractivity contribution is 5.65. The Bertz CT molecular complexity index is 1470. The van der Waals surface area contributed by atoms with Gasteiger partial charge in [0, 0.05) is 17.7 Å². The molecule has 45 heavy (non-hydrogen) atoms. The van der Waals surface area contributed by atoms with E-state index in [1.807, 2.05) is 0 Å². The van der Waals surface area contributed by atoms with Crippen LogP contribution < -0.4 is 4.74 Å². The van der Waals surface area contributed by atoms with Crippen LogP contribution in [0.3, 0.4) is 0 Å². The second kappa shape index (κ2) is 14.0. The molecule has 2 aliphatic rings. The molecule has 0 bridgehead atoms. The maximum atomic E-state index is 15.3. The number of benzene rings is 3. The number of hydrogen-bond donors (Lipinski definition) is 0. The molecule has 0 radical (unpaired) electrons. The third-order valence-electron chi connectivity index (χ3n) is 9.62. The summed E-state index contributed by atoms with van der Waals surface area (Å²) in [6.45, 7) is 2.05. The molecule has 9 heteroatoms. The Morgan fingerprint density at radius 2 is 1.29 bits per heavy atom. The third kappa shape index (κ3) is 7.55. The molecule has 1 nitrogen and oxygen atoms in total. The lowest BCUT2D eigenvalue weighted by Gasteiger charge is -2.38. The molecule has 3 aromatic carbocycles. The van der Waals surface area contributed by atoms with Crippen molar-refractivity contribution in [3.8, 4) is 16.9 Å². The van der Waals surface area contributed by atoms with Crippen LogP contribution in [0.15, 0.2) is 54.6 Å². The van der Waals surface area contributed by atoms with E-state index in [9.17, 15) is 30.7 Å². The molecule has 0 heterocycles. The number of alkyl halides is 2. The Hall–Kier alpha value is -3.36. The van der Waals surface area contributed by atoms with Crippen LogP contribution in [-0.2, 0) is 6.11 Å². The summed E-state index contributed by atoms with van der Waals surface area (Å²) in [6.07, 6.45) is 11.2. The summed E-state index contributed by atoms with van der Waals surface area (Å²) >= 11 is 0. The van der Waals surface area contributed by atoms with Crippen LogP contribution in [0.25, 0.3) is 11.1 Å². The number of halogens is 8. The SMILES string of the molecule is C/C=C/CCC1CCC(C2CCC(c3ccc(-c4cc(F)c(C(F)(F)Oc5cc(F)c(F)c(F)c5)c(F)c4)c(F)c3)CC2)CC1. The molecular weight excluding hydrogens is 600 g/mol. The fourth-order valence-corrected chi connectivity index (χ4v) is 7.19. The summed E-state index contributed by atoms with van der Waals surface area (Å²) in [5.74, 6) is -8.60. The zero-order valence-electron chi connectivity index (χ0n) is 25.0. The van der Waals surface area contributed by atoms with Crippen LogP contribution in [0.1, 0.15) is 88.2 Å². The number of hydrogen-bond acceptors (Lipinski definition) is 1. The molecule has 2 fully saturated rings. The quantitative estimate of drug-likeness (QED) is 0.129. The summed E-state index contributed by atoms with van der Waals surface area (Å²) in [5.41, 5.74) is -1.53. The molecule has 0 unspecified atom stereocenters. The van der Waals surface area contributed by atoms with Crippen molar-refractivity contribution in [2.75, 3.05) is 0 Å². The van der Waals surface area contributed by atoms with E-state index >= 15 is 4.39 Å². The van der Waals surface area contributed by atoms with Gasteiger partial charge in [0.2, 0.25) is 0 Å². The summed E-state index contributed by atoms with van der Waals surface area (Å²) in [4.78, 5) is 0. The van der Waals surface area contributed by atoms with Crippen LogP contribution >= 0.6 is 0 Å². The van der Waals surface area contributed by atoms with E-state index in [2.05, 4.69) is 23.8 Å². The van der Waals surface area contributed by atoms with Gasteiger partial charge in [0.25, 0.3) is 0 Å². The van der Waals surface area contributed by atoms with Crippen molar-refractivity contribution in [1.82, 2.24) is 0 Å². The molecule has 0 atom stereocenters. The minimum Gasteiger partial charge on any atom is -0.429 e. The lowest BCUT2D eigenvalue weighted by atomic mass is 9.68. The molecule has 0 N–H and O–H groups in total. The Labute approximate surface area is 258 Å². The van der Waals surface area contributed by atoms with Crippen molar-refractivity contribution in [3.63, 3.8) is 0 Å². The van der Waals surface area contributed by atoms with Crippen LogP contribution in [0, 0.1) is 52.7 Å². The Balaban J connectivity index is 1.23. The second-order valence-electron chi connectivity index (χ2n) is 12.4. The van der Waals surface area contributed by atoms with Crippen LogP contribution in [-0.4, -0.2) is 0 Å². The number of rotatable bonds is 9. The van der Waals surface area contributed by atoms with E-state index < -0.39 is 52.3 Å². The second-order valence-corrected chi connectivity index (χ2v) is 12.4. The largest absolute Gasteiger partial charge is 0.432 e. The highest BCUT2D eigenvalue weighted by atomic mass is 19.3. The molecule has 0 spiro atoms. The third-order valence-corrected chi connectivity index (χ3v) is 9.62. The van der Waals surface area contributed by atoms with Crippen molar-refractivity contribution < 1.29 is 39.9 Å². The lowest BCUT2D eigenvalue weighted by Crippen LogP contribution is -2.25. The van der Waals surface area contributed by atoms with Gasteiger partial charge in [-0.25, -0.2) is 26.3 Å². The van der Waals surface area contributed by atoms with E-state index in [1.165, 1.54) is 44.2 Å². The van der Waals surface area contributed by atoms with Crippen molar-refractivity contribution >= 4 is 0 Å². The fourth-order valence-electron chi connectivity index (χ4n) is 7.19. The van der Waals surface area contributed by atoms with Gasteiger partial charge in [-0.3, -0.25) is 0 Å². The molecule has 2 aliphatic carbocycles. The smallest absolute Gasteiger partial charge is 0.429 e. The van der Waals surface area contributed by atoms with Crippen molar-refractivity contribution in [1.29, 1.82) is 0 Å². The molecular formula is C36H36F8O. The minimum atomic E-state index is -4.73. The van der Waals surface area contributed by atoms with Gasteiger partial charge in [0.15, 0.2) is 17.5 Å². The van der Waals surface area contributed by atoms with Gasteiger partial charge in [-0.2, -0.15) is 8.78 Å². The maximum Gasteiger partial charge on any atom is 0.432 e. The Morgan fingerprint density at radius 1 is 0.711 bits per heavy atom. The van der Waals surface area contributed by atoms with E-state index in [4.69, 9.17) is 0 Å². The van der Waals surface area contributed by atoms with Crippen LogP contribution in [0.5, 0.6) is 5.75 Å². The predicted octanol–water partition coefficient (Wildman–Crippen LogP) is 11.8. The summed E-state index contributed by atoms with van der Waals surface area (Å²) < 4.78 is 119. The topological polar surface area (TPSA) is 9.23 Å². The van der Waals surface area contributed by atoms with Gasteiger partial charge in [-0.15, -0.1) is 0 Å². The monoisotopic (exact) mass is 636 g/mol. The Morgan fingerprint density at radius 3 is 1.84 bits per heavy atom. The molecule has 5 rings (SSSR count). The highest BCUT2D eigenvalue weighted by Gasteiger charge is 2.42. The minimum absolute atomic E-state index is 0.124. The zero-order valence-corrected chi connectivity index (χ0v) is 25.0. The maximum absolute atomic E-state index is 15.3. The molecule has 0 aromatic heterocycles. The molecule has 2 saturated carbocycles. The van der Waals surface area contributed by atoms with Gasteiger partial charge in [0.05, 0.1) is 0 Å². The predicted molar refractivity (Wildman–Crippen MR) is 157 cm³/mol. The van der Waals surface area contributed by atoms with Gasteiger partial charge in [0.1, 0.15) is 28.8 Å². The fraction of sp³-hybridized carbons (Fsp3) is 0.444. The van der Waals surface area contributed by atoms with Gasteiger partial charge in [-0.1, -0.05) is 37.1 Å². The Kier molecular flexibility index (Phi) is 10.2. The number of allylic oxidation sites excluding steroid dienone is 2. The molecule has 0 amide bonds. The standard InChI is InChI=1S/C36H36F8O/c1-2-3-4-5-21-6-8-22(9-7-21)23-10-12-24(13-11-23)25-14-15-28(29(37)16-25)26-17-30(38)34(31(39)18-26)36(43,44)45-27-19-32(40)35(42)33(41)20-27/h2-3,14-24H,4-13H2,1H3/b3-2+. The lowest BCUT2D eigenvalue weighted by molar-refractivity contribution is -0.189. The normalized spacial score (nSPS) is 22.6.